The summed E-state index contributed by atoms with van der Waals surface area (Å²) in [5, 5.41) is 9.06. The lowest BCUT2D eigenvalue weighted by Gasteiger charge is -2.19. The molecule has 0 radical (unpaired) electrons. The van der Waals surface area contributed by atoms with Crippen LogP contribution >= 0.6 is 11.6 Å². The number of anilines is 2. The second-order valence-corrected chi connectivity index (χ2v) is 14.1. The second kappa shape index (κ2) is 16.5. The van der Waals surface area contributed by atoms with Crippen LogP contribution in [0.4, 0.5) is 16.2 Å². The van der Waals surface area contributed by atoms with E-state index in [0.717, 1.165) is 30.4 Å². The number of urea groups is 1. The Bertz CT molecular complexity index is 1450. The van der Waals surface area contributed by atoms with Crippen molar-refractivity contribution in [2.75, 3.05) is 16.6 Å². The number of rotatable bonds is 15. The van der Waals surface area contributed by atoms with E-state index >= 15 is 0 Å². The van der Waals surface area contributed by atoms with Gasteiger partial charge in [0.15, 0.2) is 0 Å². The van der Waals surface area contributed by atoms with E-state index in [4.69, 9.17) is 11.6 Å². The fourth-order valence-electron chi connectivity index (χ4n) is 4.60. The summed E-state index contributed by atoms with van der Waals surface area (Å²) in [5.41, 5.74) is 2.61. The van der Waals surface area contributed by atoms with E-state index in [0.29, 0.717) is 29.4 Å². The quantitative estimate of drug-likeness (QED) is 0.128. The summed E-state index contributed by atoms with van der Waals surface area (Å²) in [6.07, 6.45) is 6.97. The number of amides is 3. The number of hydrogen-bond acceptors (Lipinski definition) is 4. The minimum atomic E-state index is -3.79. The smallest absolute Gasteiger partial charge is 0.319 e. The average Bonchev–Trinajstić information content (AvgIpc) is 2.98. The summed E-state index contributed by atoms with van der Waals surface area (Å²) in [5.74, 6) is -0.260. The van der Waals surface area contributed by atoms with Crippen molar-refractivity contribution in [3.05, 3.63) is 88.9 Å². The SMILES string of the molecule is CCCCCCCCNC(=O)[C@@H](Cc1ccc(Cl)cc1)NC(=O)Nc1ccc(NS(=O)(=O)c2ccc(C(C)(C)C)cc2)cc1. The van der Waals surface area contributed by atoms with E-state index in [1.165, 1.54) is 19.3 Å². The Morgan fingerprint density at radius 2 is 1.39 bits per heavy atom. The first kappa shape index (κ1) is 34.9. The Hall–Kier alpha value is -3.56. The van der Waals surface area contributed by atoms with Gasteiger partial charge in [-0.15, -0.1) is 0 Å². The molecule has 8 nitrogen and oxygen atoms in total. The van der Waals surface area contributed by atoms with Crippen LogP contribution in [-0.4, -0.2) is 32.9 Å². The fourth-order valence-corrected chi connectivity index (χ4v) is 5.79. The van der Waals surface area contributed by atoms with E-state index in [-0.39, 0.29) is 16.2 Å². The molecule has 0 fully saturated rings. The maximum absolute atomic E-state index is 13.1. The van der Waals surface area contributed by atoms with Gasteiger partial charge in [-0.1, -0.05) is 95.7 Å². The highest BCUT2D eigenvalue weighted by molar-refractivity contribution is 7.92. The topological polar surface area (TPSA) is 116 Å². The molecule has 0 aliphatic rings. The summed E-state index contributed by atoms with van der Waals surface area (Å²) in [6, 6.07) is 18.9. The largest absolute Gasteiger partial charge is 0.354 e. The van der Waals surface area contributed by atoms with Crippen molar-refractivity contribution < 1.29 is 18.0 Å². The van der Waals surface area contributed by atoms with Crippen LogP contribution in [0.15, 0.2) is 77.7 Å². The van der Waals surface area contributed by atoms with Crippen molar-refractivity contribution in [2.45, 2.75) is 89.0 Å². The van der Waals surface area contributed by atoms with Gasteiger partial charge < -0.3 is 16.0 Å². The number of unbranched alkanes of at least 4 members (excludes halogenated alkanes) is 5. The van der Waals surface area contributed by atoms with Gasteiger partial charge in [-0.25, -0.2) is 13.2 Å². The molecule has 0 unspecified atom stereocenters. The zero-order chi connectivity index (χ0) is 32.2. The lowest BCUT2D eigenvalue weighted by Crippen LogP contribution is -2.49. The molecule has 0 heterocycles. The summed E-state index contributed by atoms with van der Waals surface area (Å²) in [6.45, 7) is 8.92. The Morgan fingerprint density at radius 1 is 0.795 bits per heavy atom. The fraction of sp³-hybridized carbons (Fsp3) is 0.412. The zero-order valence-electron chi connectivity index (χ0n) is 26.1. The minimum absolute atomic E-state index is 0.0853. The normalized spacial score (nSPS) is 12.3. The average molecular weight is 641 g/mol. The van der Waals surface area contributed by atoms with E-state index in [2.05, 4.69) is 48.4 Å². The van der Waals surface area contributed by atoms with Gasteiger partial charge in [0.05, 0.1) is 4.90 Å². The van der Waals surface area contributed by atoms with Gasteiger partial charge in [-0.3, -0.25) is 9.52 Å². The molecule has 4 N–H and O–H groups in total. The molecule has 0 aliphatic heterocycles. The molecule has 44 heavy (non-hydrogen) atoms. The monoisotopic (exact) mass is 640 g/mol. The predicted molar refractivity (Wildman–Crippen MR) is 180 cm³/mol. The highest BCUT2D eigenvalue weighted by atomic mass is 35.5. The van der Waals surface area contributed by atoms with E-state index < -0.39 is 22.1 Å². The highest BCUT2D eigenvalue weighted by Crippen LogP contribution is 2.25. The number of hydrogen-bond donors (Lipinski definition) is 4. The van der Waals surface area contributed by atoms with Crippen molar-refractivity contribution in [1.29, 1.82) is 0 Å². The Kier molecular flexibility index (Phi) is 13.1. The van der Waals surface area contributed by atoms with Gasteiger partial charge in [-0.05, 0) is 71.5 Å². The molecule has 0 saturated heterocycles. The third-order valence-corrected chi connectivity index (χ3v) is 8.88. The van der Waals surface area contributed by atoms with Gasteiger partial charge in [0, 0.05) is 29.4 Å². The molecular weight excluding hydrogens is 596 g/mol. The lowest BCUT2D eigenvalue weighted by atomic mass is 9.87. The van der Waals surface area contributed by atoms with Crippen molar-refractivity contribution in [2.24, 2.45) is 0 Å². The van der Waals surface area contributed by atoms with E-state index in [1.54, 1.807) is 48.5 Å². The van der Waals surface area contributed by atoms with Crippen LogP contribution in [-0.2, 0) is 26.7 Å². The number of nitrogens with one attached hydrogen (secondary N) is 4. The number of carbonyl (C=O) groups excluding carboxylic acids is 2. The number of carbonyl (C=O) groups is 2. The second-order valence-electron chi connectivity index (χ2n) is 12.0. The van der Waals surface area contributed by atoms with Crippen LogP contribution in [0.2, 0.25) is 5.02 Å². The van der Waals surface area contributed by atoms with Crippen LogP contribution in [0.5, 0.6) is 0 Å². The maximum atomic E-state index is 13.1. The standard InChI is InChI=1S/C34H45ClN4O4S/c1-5-6-7-8-9-10-23-36-32(40)31(24-25-11-15-27(35)16-12-25)38-33(41)37-28-17-19-29(20-18-28)39-44(42,43)30-21-13-26(14-22-30)34(2,3)4/h11-22,31,39H,5-10,23-24H2,1-4H3,(H,36,40)(H2,37,38,41)/t31-/m1/s1. The molecule has 10 heteroatoms. The third-order valence-electron chi connectivity index (χ3n) is 7.23. The summed E-state index contributed by atoms with van der Waals surface area (Å²) >= 11 is 6.02. The molecule has 3 rings (SSSR count). The summed E-state index contributed by atoms with van der Waals surface area (Å²) in [7, 11) is -3.79. The predicted octanol–water partition coefficient (Wildman–Crippen LogP) is 7.65. The van der Waals surface area contributed by atoms with Crippen LogP contribution < -0.4 is 20.7 Å². The van der Waals surface area contributed by atoms with Crippen molar-refractivity contribution in [3.63, 3.8) is 0 Å². The molecular formula is C34H45ClN4O4S. The van der Waals surface area contributed by atoms with Crippen LogP contribution in [0.1, 0.15) is 77.3 Å². The minimum Gasteiger partial charge on any atom is -0.354 e. The van der Waals surface area contributed by atoms with Crippen LogP contribution in [0, 0.1) is 0 Å². The molecule has 3 aromatic rings. The first-order valence-electron chi connectivity index (χ1n) is 15.2. The molecule has 1 atom stereocenters. The van der Waals surface area contributed by atoms with Crippen LogP contribution in [0.3, 0.4) is 0 Å². The zero-order valence-corrected chi connectivity index (χ0v) is 27.7. The Balaban J connectivity index is 1.59. The maximum Gasteiger partial charge on any atom is 0.319 e. The highest BCUT2D eigenvalue weighted by Gasteiger charge is 2.22. The molecule has 238 valence electrons. The van der Waals surface area contributed by atoms with Gasteiger partial charge in [-0.2, -0.15) is 0 Å². The number of halogens is 1. The van der Waals surface area contributed by atoms with Crippen molar-refractivity contribution in [3.8, 4) is 0 Å². The van der Waals surface area contributed by atoms with Crippen LogP contribution in [0.25, 0.3) is 0 Å². The molecule has 0 bridgehead atoms. The molecule has 3 amide bonds. The van der Waals surface area contributed by atoms with Gasteiger partial charge in [0.25, 0.3) is 10.0 Å². The molecule has 0 aromatic heterocycles. The summed E-state index contributed by atoms with van der Waals surface area (Å²) < 4.78 is 28.4. The van der Waals surface area contributed by atoms with E-state index in [9.17, 15) is 18.0 Å². The molecule has 3 aromatic carbocycles. The molecule has 0 spiro atoms. The molecule has 0 saturated carbocycles. The number of benzene rings is 3. The van der Waals surface area contributed by atoms with Gasteiger partial charge >= 0.3 is 6.03 Å². The van der Waals surface area contributed by atoms with Gasteiger partial charge in [0.2, 0.25) is 5.91 Å². The summed E-state index contributed by atoms with van der Waals surface area (Å²) in [4.78, 5) is 26.1. The number of sulfonamides is 1. The molecule has 0 aliphatic carbocycles. The van der Waals surface area contributed by atoms with Crippen molar-refractivity contribution >= 4 is 44.9 Å². The van der Waals surface area contributed by atoms with E-state index in [1.807, 2.05) is 24.3 Å². The lowest BCUT2D eigenvalue weighted by molar-refractivity contribution is -0.122. The third kappa shape index (κ3) is 11.5. The first-order valence-corrected chi connectivity index (χ1v) is 17.1. The van der Waals surface area contributed by atoms with Crippen molar-refractivity contribution in [1.82, 2.24) is 10.6 Å². The Labute approximate surface area is 267 Å². The Morgan fingerprint density at radius 3 is 2.00 bits per heavy atom. The first-order chi connectivity index (χ1) is 20.9. The van der Waals surface area contributed by atoms with Gasteiger partial charge in [0.1, 0.15) is 6.04 Å².